The van der Waals surface area contributed by atoms with Crippen LogP contribution in [0.5, 0.6) is 0 Å². The lowest BCUT2D eigenvalue weighted by Gasteiger charge is -2.08. The fourth-order valence-corrected chi connectivity index (χ4v) is 1.31. The van der Waals surface area contributed by atoms with Gasteiger partial charge in [0.25, 0.3) is 5.69 Å². The Morgan fingerprint density at radius 1 is 1.50 bits per heavy atom. The van der Waals surface area contributed by atoms with Gasteiger partial charge in [-0.25, -0.2) is 10.8 Å². The molecule has 0 aliphatic heterocycles. The van der Waals surface area contributed by atoms with Crippen molar-refractivity contribution in [1.29, 1.82) is 0 Å². The average molecular weight is 284 g/mol. The molecule has 20 heavy (non-hydrogen) atoms. The Morgan fingerprint density at radius 2 is 2.20 bits per heavy atom. The third kappa shape index (κ3) is 5.04. The second-order valence-electron chi connectivity index (χ2n) is 3.69. The van der Waals surface area contributed by atoms with Crippen LogP contribution >= 0.6 is 0 Å². The number of carbonyl (C=O) groups excluding carboxylic acids is 1. The second-order valence-corrected chi connectivity index (χ2v) is 3.69. The summed E-state index contributed by atoms with van der Waals surface area (Å²) >= 11 is 0. The molecule has 1 amide bonds. The number of carbonyl (C=O) groups is 1. The number of hydrogen-bond donors (Lipinski definition) is 4. The van der Waals surface area contributed by atoms with Gasteiger partial charge in [-0.3, -0.25) is 14.9 Å². The zero-order valence-corrected chi connectivity index (χ0v) is 10.9. The van der Waals surface area contributed by atoms with E-state index in [4.69, 9.17) is 10.6 Å². The Morgan fingerprint density at radius 3 is 2.80 bits per heavy atom. The normalized spacial score (nSPS) is 9.90. The van der Waals surface area contributed by atoms with Gasteiger partial charge < -0.3 is 20.8 Å². The summed E-state index contributed by atoms with van der Waals surface area (Å²) in [6.45, 7) is 0.721. The lowest BCUT2D eigenvalue weighted by Crippen LogP contribution is -2.32. The number of nitrogen functional groups attached to an aromatic ring is 1. The summed E-state index contributed by atoms with van der Waals surface area (Å²) in [5.41, 5.74) is 2.03. The molecular weight excluding hydrogens is 268 g/mol. The number of ether oxygens (including phenoxy) is 1. The Balaban J connectivity index is 2.60. The molecule has 0 atom stereocenters. The Kier molecular flexibility index (Phi) is 6.13. The minimum Gasteiger partial charge on any atom is -0.383 e. The molecule has 0 saturated heterocycles. The number of amides is 1. The van der Waals surface area contributed by atoms with E-state index in [1.807, 2.05) is 0 Å². The summed E-state index contributed by atoms with van der Waals surface area (Å²) in [5, 5.41) is 16.0. The van der Waals surface area contributed by atoms with Crippen LogP contribution in [0.3, 0.4) is 0 Å². The summed E-state index contributed by atoms with van der Waals surface area (Å²) in [7, 11) is 1.53. The molecule has 0 aliphatic rings. The smallest absolute Gasteiger partial charge is 0.276 e. The largest absolute Gasteiger partial charge is 0.383 e. The van der Waals surface area contributed by atoms with Gasteiger partial charge in [-0.1, -0.05) is 0 Å². The molecule has 0 radical (unpaired) electrons. The molecule has 0 fully saturated rings. The van der Waals surface area contributed by atoms with Crippen molar-refractivity contribution in [3.05, 3.63) is 22.2 Å². The maximum atomic E-state index is 11.4. The van der Waals surface area contributed by atoms with E-state index in [1.54, 1.807) is 0 Å². The molecule has 110 valence electrons. The van der Waals surface area contributed by atoms with Crippen molar-refractivity contribution >= 4 is 23.2 Å². The molecule has 0 saturated carbocycles. The maximum absolute atomic E-state index is 11.4. The van der Waals surface area contributed by atoms with Crippen LogP contribution in [-0.2, 0) is 9.53 Å². The Hall–Kier alpha value is -2.46. The highest BCUT2D eigenvalue weighted by Crippen LogP contribution is 2.19. The van der Waals surface area contributed by atoms with E-state index in [-0.39, 0.29) is 29.8 Å². The lowest BCUT2D eigenvalue weighted by molar-refractivity contribution is -0.384. The number of methoxy groups -OCH3 is 1. The molecule has 0 aromatic carbocycles. The van der Waals surface area contributed by atoms with Crippen molar-refractivity contribution in [3.63, 3.8) is 0 Å². The summed E-state index contributed by atoms with van der Waals surface area (Å²) < 4.78 is 4.78. The predicted octanol–water partition coefficient (Wildman–Crippen LogP) is -0.550. The Bertz CT molecular complexity index is 481. The lowest BCUT2D eigenvalue weighted by atomic mass is 10.3. The van der Waals surface area contributed by atoms with Crippen molar-refractivity contribution in [3.8, 4) is 0 Å². The number of aromatic nitrogens is 1. The molecule has 0 unspecified atom stereocenters. The zero-order chi connectivity index (χ0) is 15.0. The number of nitro groups is 1. The van der Waals surface area contributed by atoms with Crippen LogP contribution < -0.4 is 21.9 Å². The van der Waals surface area contributed by atoms with E-state index < -0.39 is 4.92 Å². The summed E-state index contributed by atoms with van der Waals surface area (Å²) in [5.74, 6) is 5.19. The van der Waals surface area contributed by atoms with E-state index in [9.17, 15) is 14.9 Å². The molecule has 10 nitrogen and oxygen atoms in total. The molecule has 1 rings (SSSR count). The van der Waals surface area contributed by atoms with Crippen LogP contribution in [0.15, 0.2) is 12.1 Å². The monoisotopic (exact) mass is 284 g/mol. The predicted molar refractivity (Wildman–Crippen MR) is 72.1 cm³/mol. The standard InChI is InChI=1S/C10H16N6O4/c1-20-3-2-12-10(17)6-13-8-4-7(16(18)19)5-9(14-8)15-11/h4-5H,2-3,6,11H2,1H3,(H,12,17)(H2,13,14,15). The van der Waals surface area contributed by atoms with E-state index in [0.29, 0.717) is 13.2 Å². The van der Waals surface area contributed by atoms with Gasteiger partial charge in [0.15, 0.2) is 0 Å². The highest BCUT2D eigenvalue weighted by Gasteiger charge is 2.11. The number of nitrogens with one attached hydrogen (secondary N) is 3. The van der Waals surface area contributed by atoms with E-state index in [1.165, 1.54) is 19.2 Å². The number of pyridine rings is 1. The number of anilines is 2. The molecule has 1 aromatic rings. The quantitative estimate of drug-likeness (QED) is 0.215. The van der Waals surface area contributed by atoms with E-state index in [0.717, 1.165) is 0 Å². The number of hydrazine groups is 1. The minimum absolute atomic E-state index is 0.0676. The van der Waals surface area contributed by atoms with Gasteiger partial charge in [0, 0.05) is 13.7 Å². The van der Waals surface area contributed by atoms with Crippen molar-refractivity contribution in [1.82, 2.24) is 10.3 Å². The maximum Gasteiger partial charge on any atom is 0.276 e. The average Bonchev–Trinajstić information content (AvgIpc) is 2.45. The molecule has 5 N–H and O–H groups in total. The minimum atomic E-state index is -0.577. The first kappa shape index (κ1) is 15.6. The first-order chi connectivity index (χ1) is 9.56. The number of nitrogens with two attached hydrogens (primary N) is 1. The molecule has 0 bridgehead atoms. The third-order valence-corrected chi connectivity index (χ3v) is 2.23. The van der Waals surface area contributed by atoms with E-state index in [2.05, 4.69) is 21.0 Å². The van der Waals surface area contributed by atoms with Gasteiger partial charge in [-0.2, -0.15) is 0 Å². The first-order valence-electron chi connectivity index (χ1n) is 5.69. The van der Waals surface area contributed by atoms with Crippen molar-refractivity contribution in [2.24, 2.45) is 5.84 Å². The molecule has 1 aromatic heterocycles. The first-order valence-corrected chi connectivity index (χ1v) is 5.69. The van der Waals surface area contributed by atoms with Crippen LogP contribution in [0.4, 0.5) is 17.3 Å². The highest BCUT2D eigenvalue weighted by atomic mass is 16.6. The van der Waals surface area contributed by atoms with Crippen LogP contribution in [0.2, 0.25) is 0 Å². The number of nitrogens with zero attached hydrogens (tertiary/aromatic N) is 2. The van der Waals surface area contributed by atoms with Crippen LogP contribution in [-0.4, -0.2) is 42.6 Å². The third-order valence-electron chi connectivity index (χ3n) is 2.23. The SMILES string of the molecule is COCCNC(=O)CNc1cc([N+](=O)[O-])cc(NN)n1. The molecule has 0 spiro atoms. The fraction of sp³-hybridized carbons (Fsp3) is 0.400. The van der Waals surface area contributed by atoms with Crippen LogP contribution in [0, 0.1) is 10.1 Å². The Labute approximate surface area is 114 Å². The van der Waals surface area contributed by atoms with Gasteiger partial charge in [-0.15, -0.1) is 0 Å². The van der Waals surface area contributed by atoms with Crippen molar-refractivity contribution in [2.75, 3.05) is 37.5 Å². The fourth-order valence-electron chi connectivity index (χ4n) is 1.31. The van der Waals surface area contributed by atoms with Crippen molar-refractivity contribution < 1.29 is 14.5 Å². The van der Waals surface area contributed by atoms with Gasteiger partial charge in [-0.05, 0) is 0 Å². The summed E-state index contributed by atoms with van der Waals surface area (Å²) in [6.07, 6.45) is 0. The molecule has 10 heteroatoms. The highest BCUT2D eigenvalue weighted by molar-refractivity contribution is 5.80. The van der Waals surface area contributed by atoms with Gasteiger partial charge in [0.1, 0.15) is 11.6 Å². The van der Waals surface area contributed by atoms with Crippen LogP contribution in [0.1, 0.15) is 0 Å². The van der Waals surface area contributed by atoms with Gasteiger partial charge in [0.2, 0.25) is 5.91 Å². The topological polar surface area (TPSA) is 144 Å². The summed E-state index contributed by atoms with van der Waals surface area (Å²) in [4.78, 5) is 25.5. The summed E-state index contributed by atoms with van der Waals surface area (Å²) in [6, 6.07) is 2.40. The van der Waals surface area contributed by atoms with Crippen molar-refractivity contribution in [2.45, 2.75) is 0 Å². The van der Waals surface area contributed by atoms with Crippen LogP contribution in [0.25, 0.3) is 0 Å². The zero-order valence-electron chi connectivity index (χ0n) is 10.9. The molecule has 0 aliphatic carbocycles. The second kappa shape index (κ2) is 7.86. The van der Waals surface area contributed by atoms with Gasteiger partial charge >= 0.3 is 0 Å². The molecular formula is C10H16N6O4. The van der Waals surface area contributed by atoms with E-state index >= 15 is 0 Å². The molecule has 1 heterocycles. The van der Waals surface area contributed by atoms with Gasteiger partial charge in [0.05, 0.1) is 30.2 Å². The number of hydrogen-bond acceptors (Lipinski definition) is 8. The number of rotatable bonds is 8.